The number of unbranched alkanes of at least 4 members (excludes halogenated alkanes) is 1. The molecule has 0 spiro atoms. The lowest BCUT2D eigenvalue weighted by molar-refractivity contribution is -0.136. The van der Waals surface area contributed by atoms with Crippen molar-refractivity contribution in [3.63, 3.8) is 0 Å². The second-order valence-electron chi connectivity index (χ2n) is 19.4. The van der Waals surface area contributed by atoms with E-state index < -0.39 is 108 Å². The summed E-state index contributed by atoms with van der Waals surface area (Å²) in [5.74, 6) is -7.66. The number of primary amides is 1. The number of aromatic hydroxyl groups is 1. The number of aliphatic hydroxyl groups excluding tert-OH is 1. The van der Waals surface area contributed by atoms with Gasteiger partial charge in [-0.3, -0.25) is 38.4 Å². The zero-order chi connectivity index (χ0) is 55.8. The summed E-state index contributed by atoms with van der Waals surface area (Å²) < 4.78 is 0. The number of phenols is 1. The van der Waals surface area contributed by atoms with Crippen LogP contribution in [0.3, 0.4) is 0 Å². The van der Waals surface area contributed by atoms with Gasteiger partial charge in [0, 0.05) is 41.4 Å². The van der Waals surface area contributed by atoms with E-state index >= 15 is 0 Å². The molecule has 1 aliphatic heterocycles. The van der Waals surface area contributed by atoms with E-state index in [1.165, 1.54) is 19.1 Å². The van der Waals surface area contributed by atoms with Crippen molar-refractivity contribution >= 4 is 90.5 Å². The maximum atomic E-state index is 14.9. The number of para-hydroxylation sites is 1. The molecule has 0 radical (unpaired) electrons. The largest absolute Gasteiger partial charge is 0.508 e. The van der Waals surface area contributed by atoms with Gasteiger partial charge in [0.1, 0.15) is 48.0 Å². The summed E-state index contributed by atoms with van der Waals surface area (Å²) in [4.78, 5) is 116. The first kappa shape index (κ1) is 59.1. The van der Waals surface area contributed by atoms with Gasteiger partial charge in [0.2, 0.25) is 47.3 Å². The van der Waals surface area contributed by atoms with Gasteiger partial charge < -0.3 is 69.6 Å². The Labute approximate surface area is 453 Å². The van der Waals surface area contributed by atoms with E-state index in [1.807, 2.05) is 66.7 Å². The van der Waals surface area contributed by atoms with E-state index in [9.17, 15) is 48.6 Å². The van der Waals surface area contributed by atoms with Crippen LogP contribution in [0.1, 0.15) is 56.7 Å². The van der Waals surface area contributed by atoms with E-state index in [0.29, 0.717) is 24.0 Å². The molecule has 23 heteroatoms. The van der Waals surface area contributed by atoms with Crippen molar-refractivity contribution < 1.29 is 48.6 Å². The van der Waals surface area contributed by atoms with Crippen LogP contribution >= 0.6 is 21.6 Å². The molecule has 21 nitrogen and oxygen atoms in total. The van der Waals surface area contributed by atoms with Crippen LogP contribution in [-0.4, -0.2) is 135 Å². The number of fused-ring (bicyclic) bond motifs is 2. The number of hydrogen-bond acceptors (Lipinski definition) is 14. The Kier molecular flexibility index (Phi) is 21.7. The average Bonchev–Trinajstić information content (AvgIpc) is 3.81. The molecule has 77 heavy (non-hydrogen) atoms. The normalized spacial score (nSPS) is 21.6. The van der Waals surface area contributed by atoms with Gasteiger partial charge >= 0.3 is 0 Å². The van der Waals surface area contributed by atoms with Crippen molar-refractivity contribution in [2.45, 2.75) is 114 Å². The summed E-state index contributed by atoms with van der Waals surface area (Å²) in [7, 11) is 2.03. The highest BCUT2D eigenvalue weighted by molar-refractivity contribution is 8.76. The molecule has 0 saturated carbocycles. The molecular formula is C54H69N11O10S2. The highest BCUT2D eigenvalue weighted by Crippen LogP contribution is 2.25. The van der Waals surface area contributed by atoms with E-state index in [4.69, 9.17) is 17.2 Å². The molecule has 1 aromatic heterocycles. The van der Waals surface area contributed by atoms with Crippen LogP contribution in [0.25, 0.3) is 21.7 Å². The third-order valence-corrected chi connectivity index (χ3v) is 15.5. The Hall–Kier alpha value is -7.18. The van der Waals surface area contributed by atoms with E-state index in [1.54, 1.807) is 32.2 Å². The number of aliphatic hydroxyl groups is 1. The van der Waals surface area contributed by atoms with Crippen molar-refractivity contribution in [2.75, 3.05) is 18.1 Å². The number of carbonyl (C=O) groups excluding carboxylic acids is 8. The molecule has 0 aliphatic carbocycles. The molecule has 8 amide bonds. The summed E-state index contributed by atoms with van der Waals surface area (Å²) in [5, 5.41) is 42.1. The maximum Gasteiger partial charge on any atom is 0.244 e. The van der Waals surface area contributed by atoms with Gasteiger partial charge in [0.05, 0.1) is 12.1 Å². The van der Waals surface area contributed by atoms with Crippen LogP contribution in [0.4, 0.5) is 0 Å². The van der Waals surface area contributed by atoms with Gasteiger partial charge in [-0.05, 0) is 90.7 Å². The van der Waals surface area contributed by atoms with Gasteiger partial charge in [-0.2, -0.15) is 0 Å². The minimum absolute atomic E-state index is 0.0501. The van der Waals surface area contributed by atoms with Gasteiger partial charge in [-0.15, -0.1) is 0 Å². The third-order valence-electron chi connectivity index (χ3n) is 13.1. The first-order chi connectivity index (χ1) is 36.8. The SMILES string of the molecule is CC(O)C(NC(=O)[C@@H]1CSSCC(NC(=O)C(N)Cc2ccc3ccccc3c2)C(=O)N[C@@H](Cc2ccc(O)cc2)C(=O)NC(Cc2c[nH]c3ccccc23)C(=O)N[C@@H](CCCCN)C(=O)N[C@@H](C(C)C)C(=O)N1)C(N)=O. The van der Waals surface area contributed by atoms with Crippen molar-refractivity contribution in [1.29, 1.82) is 0 Å². The monoisotopic (exact) mass is 1100 g/mol. The van der Waals surface area contributed by atoms with Crippen molar-refractivity contribution in [3.05, 3.63) is 114 Å². The van der Waals surface area contributed by atoms with Crippen LogP contribution in [0.5, 0.6) is 5.75 Å². The molecule has 0 bridgehead atoms. The lowest BCUT2D eigenvalue weighted by Crippen LogP contribution is -2.62. The number of carbonyl (C=O) groups is 8. The molecule has 412 valence electrons. The number of aromatic nitrogens is 1. The van der Waals surface area contributed by atoms with Crippen molar-refractivity contribution in [1.82, 2.24) is 42.2 Å². The molecule has 1 saturated heterocycles. The van der Waals surface area contributed by atoms with Crippen LogP contribution < -0.4 is 54.4 Å². The fraction of sp³-hybridized carbons (Fsp3) is 0.407. The topological polar surface area (TPSA) is 355 Å². The van der Waals surface area contributed by atoms with Crippen LogP contribution in [0.2, 0.25) is 0 Å². The molecule has 5 unspecified atom stereocenters. The Morgan fingerprint density at radius 3 is 2.03 bits per heavy atom. The Morgan fingerprint density at radius 2 is 1.34 bits per heavy atom. The minimum atomic E-state index is -1.55. The number of H-pyrrole nitrogens is 1. The quantitative estimate of drug-likeness (QED) is 0.0453. The fourth-order valence-electron chi connectivity index (χ4n) is 8.71. The molecule has 1 aliphatic rings. The predicted octanol–water partition coefficient (Wildman–Crippen LogP) is 0.822. The van der Waals surface area contributed by atoms with E-state index in [-0.39, 0.29) is 49.5 Å². The molecule has 2 heterocycles. The number of phenolic OH excluding ortho intramolecular Hbond substituents is 1. The number of amides is 8. The molecule has 16 N–H and O–H groups in total. The Bertz CT molecular complexity index is 2890. The van der Waals surface area contributed by atoms with Crippen molar-refractivity contribution in [3.8, 4) is 5.75 Å². The predicted molar refractivity (Wildman–Crippen MR) is 296 cm³/mol. The molecule has 9 atom stereocenters. The summed E-state index contributed by atoms with van der Waals surface area (Å²) in [6, 6.07) is 15.8. The lowest BCUT2D eigenvalue weighted by Gasteiger charge is -2.29. The molecule has 4 aromatic carbocycles. The zero-order valence-corrected chi connectivity index (χ0v) is 44.7. The van der Waals surface area contributed by atoms with E-state index in [2.05, 4.69) is 42.2 Å². The highest BCUT2D eigenvalue weighted by atomic mass is 33.1. The summed E-state index contributed by atoms with van der Waals surface area (Å²) in [6.45, 7) is 4.85. The standard InChI is InChI=1S/C54H69N11O10S2/c1-29(2)45-54(75)63-44(53(74)65-46(30(3)66)47(57)68)28-77-76-27-43(62-48(69)38(56)23-32-15-18-33-10-4-5-11-34(33)22-32)52(73)60-41(24-31-16-19-36(67)20-17-31)50(71)61-42(25-35-26-58-39-13-7-6-12-37(35)39)51(72)59-40(49(70)64-45)14-8-9-21-55/h4-7,10-13,15-20,22,26,29-30,38,40-46,58,66-67H,8-9,14,21,23-25,27-28,55-56H2,1-3H3,(H2,57,68)(H,59,72)(H,60,73)(H,61,71)(H,62,69)(H,63,75)(H,64,70)(H,65,74)/t30?,38?,40-,41-,42?,43?,44-,45-,46?/m0/s1. The third kappa shape index (κ3) is 16.9. The van der Waals surface area contributed by atoms with Crippen LogP contribution in [-0.2, 0) is 57.6 Å². The summed E-state index contributed by atoms with van der Waals surface area (Å²) in [5.41, 5.74) is 20.5. The number of nitrogens with two attached hydrogens (primary N) is 3. The van der Waals surface area contributed by atoms with Gasteiger partial charge in [-0.25, -0.2) is 0 Å². The molecule has 6 rings (SSSR count). The van der Waals surface area contributed by atoms with E-state index in [0.717, 1.165) is 48.8 Å². The first-order valence-electron chi connectivity index (χ1n) is 25.4. The average molecular weight is 1100 g/mol. The van der Waals surface area contributed by atoms with Crippen molar-refractivity contribution in [2.24, 2.45) is 23.1 Å². The van der Waals surface area contributed by atoms with Crippen LogP contribution in [0, 0.1) is 5.92 Å². The first-order valence-corrected chi connectivity index (χ1v) is 27.9. The Morgan fingerprint density at radius 1 is 0.714 bits per heavy atom. The Balaban J connectivity index is 1.39. The number of aromatic amines is 1. The smallest absolute Gasteiger partial charge is 0.244 e. The molecular weight excluding hydrogens is 1030 g/mol. The van der Waals surface area contributed by atoms with Gasteiger partial charge in [0.15, 0.2) is 0 Å². The number of nitrogens with one attached hydrogen (secondary N) is 8. The molecule has 1 fully saturated rings. The number of hydrogen-bond donors (Lipinski definition) is 13. The van der Waals surface area contributed by atoms with Gasteiger partial charge in [0.25, 0.3) is 0 Å². The second kappa shape index (κ2) is 28.3. The number of rotatable bonds is 17. The highest BCUT2D eigenvalue weighted by Gasteiger charge is 2.36. The van der Waals surface area contributed by atoms with Crippen LogP contribution in [0.15, 0.2) is 97.2 Å². The second-order valence-corrected chi connectivity index (χ2v) is 22.0. The minimum Gasteiger partial charge on any atom is -0.508 e. The fourth-order valence-corrected chi connectivity index (χ4v) is 11.0. The van der Waals surface area contributed by atoms with Gasteiger partial charge in [-0.1, -0.05) is 108 Å². The summed E-state index contributed by atoms with van der Waals surface area (Å²) in [6.07, 6.45) is 1.05. The number of benzene rings is 4. The molecule has 5 aromatic rings. The summed E-state index contributed by atoms with van der Waals surface area (Å²) >= 11 is 0. The lowest BCUT2D eigenvalue weighted by atomic mass is 10.00. The maximum absolute atomic E-state index is 14.9. The zero-order valence-electron chi connectivity index (χ0n) is 43.1.